The predicted molar refractivity (Wildman–Crippen MR) is 123 cm³/mol. The van der Waals surface area contributed by atoms with Crippen molar-refractivity contribution in [1.82, 2.24) is 24.4 Å². The Hall–Kier alpha value is -3.16. The Morgan fingerprint density at radius 3 is 2.50 bits per heavy atom. The molecule has 0 radical (unpaired) electrons. The molecule has 1 aliphatic carbocycles. The van der Waals surface area contributed by atoms with E-state index in [1.54, 1.807) is 10.8 Å². The van der Waals surface area contributed by atoms with Gasteiger partial charge < -0.3 is 5.11 Å². The number of hydrogen-bond acceptors (Lipinski definition) is 4. The number of H-pyrrole nitrogens is 1. The zero-order valence-corrected chi connectivity index (χ0v) is 19.0. The summed E-state index contributed by atoms with van der Waals surface area (Å²) in [6, 6.07) is 7.67. The maximum absolute atomic E-state index is 12.5. The average Bonchev–Trinajstić information content (AvgIpc) is 3.06. The van der Waals surface area contributed by atoms with E-state index in [-0.39, 0.29) is 5.69 Å². The predicted octanol–water partition coefficient (Wildman–Crippen LogP) is 4.65. The van der Waals surface area contributed by atoms with Crippen molar-refractivity contribution in [3.8, 4) is 11.3 Å². The first-order valence-electron chi connectivity index (χ1n) is 11.3. The average molecular weight is 438 g/mol. The number of fused-ring (bicyclic) bond motifs is 1. The van der Waals surface area contributed by atoms with Gasteiger partial charge in [-0.1, -0.05) is 43.5 Å². The zero-order valence-electron chi connectivity index (χ0n) is 19.0. The number of aromatic amines is 1. The van der Waals surface area contributed by atoms with Crippen LogP contribution < -0.4 is 5.69 Å². The van der Waals surface area contributed by atoms with Gasteiger partial charge in [-0.05, 0) is 45.1 Å². The van der Waals surface area contributed by atoms with Gasteiger partial charge in [0.25, 0.3) is 0 Å². The molecule has 0 spiro atoms. The Balaban J connectivity index is 1.59. The third-order valence-electron chi connectivity index (χ3n) is 6.28. The molecule has 170 valence electrons. The highest BCUT2D eigenvalue weighted by Gasteiger charge is 2.26. The summed E-state index contributed by atoms with van der Waals surface area (Å²) >= 11 is 0. The summed E-state index contributed by atoms with van der Waals surface area (Å²) in [6.45, 7) is 6.62. The smallest absolute Gasteiger partial charge is 0.408 e. The van der Waals surface area contributed by atoms with Crippen LogP contribution in [0.4, 0.5) is 4.79 Å². The van der Waals surface area contributed by atoms with E-state index in [4.69, 9.17) is 4.98 Å². The van der Waals surface area contributed by atoms with Gasteiger partial charge in [0.05, 0.1) is 11.9 Å². The van der Waals surface area contributed by atoms with Gasteiger partial charge >= 0.3 is 11.8 Å². The SMILES string of the molecule is CC(C)(C)N(Cc1ccc(-c2cnc3[nH]c(=O)n(CC4CCCCC4)c3n2)cc1)C(=O)O. The van der Waals surface area contributed by atoms with Gasteiger partial charge in [0, 0.05) is 24.2 Å². The summed E-state index contributed by atoms with van der Waals surface area (Å²) in [6.07, 6.45) is 6.74. The Morgan fingerprint density at radius 1 is 1.19 bits per heavy atom. The molecule has 3 aromatic rings. The molecule has 0 unspecified atom stereocenters. The van der Waals surface area contributed by atoms with Crippen LogP contribution in [-0.2, 0) is 13.1 Å². The lowest BCUT2D eigenvalue weighted by atomic mass is 9.89. The number of nitrogens with zero attached hydrogens (tertiary/aromatic N) is 4. The van der Waals surface area contributed by atoms with Gasteiger partial charge in [0.1, 0.15) is 0 Å². The molecule has 1 amide bonds. The monoisotopic (exact) mass is 437 g/mol. The van der Waals surface area contributed by atoms with Crippen molar-refractivity contribution in [2.24, 2.45) is 5.92 Å². The Kier molecular flexibility index (Phi) is 6.04. The molecule has 4 rings (SSSR count). The number of benzene rings is 1. The van der Waals surface area contributed by atoms with Crippen LogP contribution in [0, 0.1) is 5.92 Å². The maximum Gasteiger partial charge on any atom is 0.408 e. The lowest BCUT2D eigenvalue weighted by Gasteiger charge is -2.33. The molecular weight excluding hydrogens is 406 g/mol. The summed E-state index contributed by atoms with van der Waals surface area (Å²) in [5.41, 5.74) is 2.91. The molecule has 2 heterocycles. The third kappa shape index (κ3) is 4.69. The van der Waals surface area contributed by atoms with E-state index in [2.05, 4.69) is 9.97 Å². The van der Waals surface area contributed by atoms with Crippen molar-refractivity contribution in [2.75, 3.05) is 0 Å². The van der Waals surface area contributed by atoms with Crippen LogP contribution in [0.1, 0.15) is 58.4 Å². The van der Waals surface area contributed by atoms with E-state index >= 15 is 0 Å². The Labute approximate surface area is 187 Å². The standard InChI is InChI=1S/C24H31N5O3/c1-24(2,3)29(23(31)32)15-17-9-11-18(12-10-17)19-13-25-20-21(26-19)28(22(30)27-20)14-16-7-5-4-6-8-16/h9-13,16H,4-8,14-15H2,1-3H3,(H,31,32)(H,25,27,30). The molecule has 0 atom stereocenters. The first kappa shape index (κ1) is 22.0. The van der Waals surface area contributed by atoms with Crippen molar-refractivity contribution < 1.29 is 9.90 Å². The minimum atomic E-state index is -0.943. The normalized spacial score (nSPS) is 15.2. The van der Waals surface area contributed by atoms with Gasteiger partial charge in [0.2, 0.25) is 0 Å². The van der Waals surface area contributed by atoms with E-state index in [0.29, 0.717) is 36.0 Å². The number of aromatic nitrogens is 4. The fourth-order valence-electron chi connectivity index (χ4n) is 4.41. The third-order valence-corrected chi connectivity index (χ3v) is 6.28. The number of nitrogens with one attached hydrogen (secondary N) is 1. The molecule has 0 aliphatic heterocycles. The van der Waals surface area contributed by atoms with Gasteiger partial charge in [0.15, 0.2) is 11.3 Å². The van der Waals surface area contributed by atoms with E-state index in [1.165, 1.54) is 24.2 Å². The van der Waals surface area contributed by atoms with Crippen molar-refractivity contribution >= 4 is 17.4 Å². The number of carbonyl (C=O) groups is 1. The van der Waals surface area contributed by atoms with E-state index < -0.39 is 11.6 Å². The van der Waals surface area contributed by atoms with E-state index in [1.807, 2.05) is 45.0 Å². The zero-order chi connectivity index (χ0) is 22.9. The molecule has 0 saturated heterocycles. The molecule has 2 aromatic heterocycles. The Morgan fingerprint density at radius 2 is 1.88 bits per heavy atom. The van der Waals surface area contributed by atoms with Crippen LogP contribution in [0.5, 0.6) is 0 Å². The van der Waals surface area contributed by atoms with Crippen LogP contribution in [0.2, 0.25) is 0 Å². The number of hydrogen-bond donors (Lipinski definition) is 2. The van der Waals surface area contributed by atoms with Gasteiger partial charge in [-0.15, -0.1) is 0 Å². The van der Waals surface area contributed by atoms with Crippen LogP contribution >= 0.6 is 0 Å². The second-order valence-electron chi connectivity index (χ2n) is 9.71. The molecule has 1 aromatic carbocycles. The fraction of sp³-hybridized carbons (Fsp3) is 0.500. The lowest BCUT2D eigenvalue weighted by molar-refractivity contribution is 0.0955. The van der Waals surface area contributed by atoms with Crippen molar-refractivity contribution in [2.45, 2.75) is 71.5 Å². The molecule has 1 aliphatic rings. The molecule has 1 saturated carbocycles. The van der Waals surface area contributed by atoms with E-state index in [0.717, 1.165) is 24.0 Å². The number of imidazole rings is 1. The van der Waals surface area contributed by atoms with E-state index in [9.17, 15) is 14.7 Å². The van der Waals surface area contributed by atoms with Crippen LogP contribution in [0.25, 0.3) is 22.6 Å². The molecule has 8 heteroatoms. The second kappa shape index (κ2) is 8.76. The van der Waals surface area contributed by atoms with Crippen LogP contribution in [0.3, 0.4) is 0 Å². The van der Waals surface area contributed by atoms with Gasteiger partial charge in [-0.2, -0.15) is 0 Å². The van der Waals surface area contributed by atoms with Gasteiger partial charge in [-0.25, -0.2) is 19.6 Å². The van der Waals surface area contributed by atoms with Crippen LogP contribution in [-0.4, -0.2) is 41.2 Å². The number of carboxylic acid groups (broad SMARTS) is 1. The Bertz CT molecular complexity index is 1150. The van der Waals surface area contributed by atoms with Crippen LogP contribution in [0.15, 0.2) is 35.3 Å². The largest absolute Gasteiger partial charge is 0.465 e. The highest BCUT2D eigenvalue weighted by Crippen LogP contribution is 2.26. The summed E-state index contributed by atoms with van der Waals surface area (Å²) in [5, 5.41) is 9.53. The minimum absolute atomic E-state index is 0.158. The molecule has 8 nitrogen and oxygen atoms in total. The molecule has 1 fully saturated rings. The first-order chi connectivity index (χ1) is 15.2. The summed E-state index contributed by atoms with van der Waals surface area (Å²) in [7, 11) is 0. The molecule has 0 bridgehead atoms. The lowest BCUT2D eigenvalue weighted by Crippen LogP contribution is -2.44. The molecule has 2 N–H and O–H groups in total. The summed E-state index contributed by atoms with van der Waals surface area (Å²) in [4.78, 5) is 37.6. The quantitative estimate of drug-likeness (QED) is 0.605. The molecular formula is C24H31N5O3. The van der Waals surface area contributed by atoms with Gasteiger partial charge in [-0.3, -0.25) is 14.5 Å². The highest BCUT2D eigenvalue weighted by molar-refractivity contribution is 5.71. The second-order valence-corrected chi connectivity index (χ2v) is 9.71. The maximum atomic E-state index is 12.5. The topological polar surface area (TPSA) is 104 Å². The summed E-state index contributed by atoms with van der Waals surface area (Å²) < 4.78 is 1.73. The fourth-order valence-corrected chi connectivity index (χ4v) is 4.41. The van der Waals surface area contributed by atoms with Crippen molar-refractivity contribution in [3.05, 3.63) is 46.5 Å². The van der Waals surface area contributed by atoms with Crippen molar-refractivity contribution in [1.29, 1.82) is 0 Å². The first-order valence-corrected chi connectivity index (χ1v) is 11.3. The number of amides is 1. The molecule has 32 heavy (non-hydrogen) atoms. The minimum Gasteiger partial charge on any atom is -0.465 e. The highest BCUT2D eigenvalue weighted by atomic mass is 16.4. The number of rotatable bonds is 5. The summed E-state index contributed by atoms with van der Waals surface area (Å²) in [5.74, 6) is 0.505. The van der Waals surface area contributed by atoms with Crippen molar-refractivity contribution in [3.63, 3.8) is 0 Å².